The molecule has 0 fully saturated rings. The highest BCUT2D eigenvalue weighted by molar-refractivity contribution is 5.94. The summed E-state index contributed by atoms with van der Waals surface area (Å²) in [6, 6.07) is 11.1. The maximum absolute atomic E-state index is 11.1. The monoisotopic (exact) mass is 196 g/mol. The Bertz CT molecular complexity index is 700. The first-order valence-electron chi connectivity index (χ1n) is 4.71. The minimum Gasteiger partial charge on any atom is -0.322 e. The SMILES string of the molecule is O=c1ccc2cc3ncccc3cc2[nH]1. The first kappa shape index (κ1) is 8.17. The van der Waals surface area contributed by atoms with Crippen molar-refractivity contribution < 1.29 is 0 Å². The summed E-state index contributed by atoms with van der Waals surface area (Å²) in [7, 11) is 0. The van der Waals surface area contributed by atoms with Crippen LogP contribution < -0.4 is 5.56 Å². The van der Waals surface area contributed by atoms with Crippen molar-refractivity contribution in [3.8, 4) is 0 Å². The van der Waals surface area contributed by atoms with Crippen LogP contribution in [-0.2, 0) is 0 Å². The summed E-state index contributed by atoms with van der Waals surface area (Å²) in [6.07, 6.45) is 1.76. The average molecular weight is 196 g/mol. The molecule has 0 radical (unpaired) electrons. The van der Waals surface area contributed by atoms with Gasteiger partial charge in [0.25, 0.3) is 0 Å². The molecule has 2 aromatic heterocycles. The van der Waals surface area contributed by atoms with Crippen LogP contribution in [0.5, 0.6) is 0 Å². The molecule has 0 aliphatic heterocycles. The number of aromatic nitrogens is 2. The molecular weight excluding hydrogens is 188 g/mol. The highest BCUT2D eigenvalue weighted by atomic mass is 16.1. The van der Waals surface area contributed by atoms with Gasteiger partial charge >= 0.3 is 0 Å². The summed E-state index contributed by atoms with van der Waals surface area (Å²) in [4.78, 5) is 18.2. The van der Waals surface area contributed by atoms with Gasteiger partial charge in [-0.3, -0.25) is 9.78 Å². The summed E-state index contributed by atoms with van der Waals surface area (Å²) in [6.45, 7) is 0. The lowest BCUT2D eigenvalue weighted by molar-refractivity contribution is 1.31. The van der Waals surface area contributed by atoms with E-state index >= 15 is 0 Å². The van der Waals surface area contributed by atoms with Crippen LogP contribution in [-0.4, -0.2) is 9.97 Å². The molecule has 0 unspecified atom stereocenters. The zero-order valence-corrected chi connectivity index (χ0v) is 7.90. The van der Waals surface area contributed by atoms with Crippen LogP contribution in [0.15, 0.2) is 47.4 Å². The molecule has 3 nitrogen and oxygen atoms in total. The second-order valence-corrected chi connectivity index (χ2v) is 3.46. The van der Waals surface area contributed by atoms with Crippen LogP contribution in [0.1, 0.15) is 0 Å². The zero-order chi connectivity index (χ0) is 10.3. The molecule has 0 aliphatic carbocycles. The number of aromatic amines is 1. The third-order valence-electron chi connectivity index (χ3n) is 2.45. The fourth-order valence-electron chi connectivity index (χ4n) is 1.72. The molecule has 3 rings (SSSR count). The van der Waals surface area contributed by atoms with E-state index in [2.05, 4.69) is 9.97 Å². The van der Waals surface area contributed by atoms with Gasteiger partial charge in [-0.1, -0.05) is 6.07 Å². The molecule has 0 spiro atoms. The Hall–Kier alpha value is -2.16. The predicted molar refractivity (Wildman–Crippen MR) is 59.9 cm³/mol. The molecule has 2 heterocycles. The zero-order valence-electron chi connectivity index (χ0n) is 7.90. The summed E-state index contributed by atoms with van der Waals surface area (Å²) in [5.41, 5.74) is 1.71. The van der Waals surface area contributed by atoms with Crippen molar-refractivity contribution in [3.05, 3.63) is 52.9 Å². The van der Waals surface area contributed by atoms with E-state index in [1.807, 2.05) is 30.3 Å². The Morgan fingerprint density at radius 2 is 2.00 bits per heavy atom. The van der Waals surface area contributed by atoms with Crippen molar-refractivity contribution in [1.82, 2.24) is 9.97 Å². The van der Waals surface area contributed by atoms with Crippen molar-refractivity contribution in [1.29, 1.82) is 0 Å². The second-order valence-electron chi connectivity index (χ2n) is 3.46. The van der Waals surface area contributed by atoms with Crippen molar-refractivity contribution in [2.75, 3.05) is 0 Å². The first-order chi connectivity index (χ1) is 7.33. The number of nitrogens with one attached hydrogen (secondary N) is 1. The molecule has 0 bridgehead atoms. The number of benzene rings is 1. The number of nitrogens with zero attached hydrogens (tertiary/aromatic N) is 1. The molecule has 0 saturated carbocycles. The van der Waals surface area contributed by atoms with E-state index < -0.39 is 0 Å². The van der Waals surface area contributed by atoms with Crippen molar-refractivity contribution in [3.63, 3.8) is 0 Å². The van der Waals surface area contributed by atoms with Crippen LogP contribution in [0.4, 0.5) is 0 Å². The van der Waals surface area contributed by atoms with E-state index in [4.69, 9.17) is 0 Å². The number of hydrogen-bond acceptors (Lipinski definition) is 2. The largest absolute Gasteiger partial charge is 0.322 e. The molecule has 1 aromatic carbocycles. The van der Waals surface area contributed by atoms with Gasteiger partial charge in [-0.05, 0) is 24.3 Å². The number of rotatable bonds is 0. The summed E-state index contributed by atoms with van der Waals surface area (Å²) >= 11 is 0. The Kier molecular flexibility index (Phi) is 1.59. The van der Waals surface area contributed by atoms with E-state index in [-0.39, 0.29) is 5.56 Å². The summed E-state index contributed by atoms with van der Waals surface area (Å²) in [5, 5.41) is 2.03. The van der Waals surface area contributed by atoms with Crippen molar-refractivity contribution >= 4 is 21.8 Å². The van der Waals surface area contributed by atoms with Crippen LogP contribution in [0.3, 0.4) is 0 Å². The smallest absolute Gasteiger partial charge is 0.248 e. The molecule has 0 saturated heterocycles. The Morgan fingerprint density at radius 3 is 2.93 bits per heavy atom. The number of hydrogen-bond donors (Lipinski definition) is 1. The highest BCUT2D eigenvalue weighted by Crippen LogP contribution is 2.17. The standard InChI is InChI=1S/C12H8N2O/c15-12-4-3-9-6-10-8(2-1-5-13-10)7-11(9)14-12/h1-7H,(H,14,15). The van der Waals surface area contributed by atoms with Gasteiger partial charge in [-0.2, -0.15) is 0 Å². The van der Waals surface area contributed by atoms with Gasteiger partial charge in [-0.25, -0.2) is 0 Å². The van der Waals surface area contributed by atoms with Crippen molar-refractivity contribution in [2.24, 2.45) is 0 Å². The van der Waals surface area contributed by atoms with Gasteiger partial charge in [0.05, 0.1) is 5.52 Å². The van der Waals surface area contributed by atoms with Crippen LogP contribution in [0.2, 0.25) is 0 Å². The molecule has 0 atom stereocenters. The van der Waals surface area contributed by atoms with E-state index in [9.17, 15) is 4.79 Å². The topological polar surface area (TPSA) is 45.8 Å². The maximum Gasteiger partial charge on any atom is 0.248 e. The number of pyridine rings is 2. The molecular formula is C12H8N2O. The highest BCUT2D eigenvalue weighted by Gasteiger charge is 1.98. The molecule has 3 heteroatoms. The van der Waals surface area contributed by atoms with Gasteiger partial charge in [0.1, 0.15) is 0 Å². The lowest BCUT2D eigenvalue weighted by atomic mass is 10.1. The normalized spacial score (nSPS) is 10.9. The van der Waals surface area contributed by atoms with Gasteiger partial charge < -0.3 is 4.98 Å². The van der Waals surface area contributed by atoms with Gasteiger partial charge in [0, 0.05) is 28.6 Å². The van der Waals surface area contributed by atoms with Crippen LogP contribution in [0.25, 0.3) is 21.8 Å². The Labute approximate surface area is 85.4 Å². The summed E-state index contributed by atoms with van der Waals surface area (Å²) < 4.78 is 0. The minimum atomic E-state index is -0.0780. The van der Waals surface area contributed by atoms with Crippen LogP contribution in [0, 0.1) is 0 Å². The average Bonchev–Trinajstić information content (AvgIpc) is 2.26. The lowest BCUT2D eigenvalue weighted by Gasteiger charge is -2.00. The lowest BCUT2D eigenvalue weighted by Crippen LogP contribution is -2.02. The van der Waals surface area contributed by atoms with E-state index in [1.165, 1.54) is 6.07 Å². The van der Waals surface area contributed by atoms with Crippen LogP contribution >= 0.6 is 0 Å². The molecule has 0 aliphatic rings. The van der Waals surface area contributed by atoms with Gasteiger partial charge in [0.2, 0.25) is 5.56 Å². The molecule has 3 aromatic rings. The quantitative estimate of drug-likeness (QED) is 0.559. The summed E-state index contributed by atoms with van der Waals surface area (Å²) in [5.74, 6) is 0. The first-order valence-corrected chi connectivity index (χ1v) is 4.71. The van der Waals surface area contributed by atoms with Gasteiger partial charge in [0.15, 0.2) is 0 Å². The number of fused-ring (bicyclic) bond motifs is 2. The fraction of sp³-hybridized carbons (Fsp3) is 0. The van der Waals surface area contributed by atoms with Crippen molar-refractivity contribution in [2.45, 2.75) is 0 Å². The minimum absolute atomic E-state index is 0.0780. The third kappa shape index (κ3) is 1.29. The molecule has 72 valence electrons. The van der Waals surface area contributed by atoms with E-state index in [0.717, 1.165) is 21.8 Å². The second kappa shape index (κ2) is 2.92. The molecule has 15 heavy (non-hydrogen) atoms. The molecule has 1 N–H and O–H groups in total. The fourth-order valence-corrected chi connectivity index (χ4v) is 1.72. The molecule has 0 amide bonds. The number of H-pyrrole nitrogens is 1. The van der Waals surface area contributed by atoms with E-state index in [1.54, 1.807) is 6.20 Å². The third-order valence-corrected chi connectivity index (χ3v) is 2.45. The predicted octanol–water partition coefficient (Wildman–Crippen LogP) is 2.08. The Morgan fingerprint density at radius 1 is 1.07 bits per heavy atom. The Balaban J connectivity index is 2.53. The maximum atomic E-state index is 11.1. The van der Waals surface area contributed by atoms with Gasteiger partial charge in [-0.15, -0.1) is 0 Å². The van der Waals surface area contributed by atoms with E-state index in [0.29, 0.717) is 0 Å².